The van der Waals surface area contributed by atoms with Crippen LogP contribution < -0.4 is 0 Å². The molecule has 5 heteroatoms. The summed E-state index contributed by atoms with van der Waals surface area (Å²) >= 11 is 3.38. The third-order valence-electron chi connectivity index (χ3n) is 2.38. The Morgan fingerprint density at radius 3 is 2.83 bits per heavy atom. The summed E-state index contributed by atoms with van der Waals surface area (Å²) in [6.45, 7) is 1.43. The van der Waals surface area contributed by atoms with E-state index in [4.69, 9.17) is 4.42 Å². The monoisotopic (exact) mass is 307 g/mol. The van der Waals surface area contributed by atoms with Crippen LogP contribution in [0.2, 0.25) is 0 Å². The van der Waals surface area contributed by atoms with E-state index in [2.05, 4.69) is 15.9 Å². The van der Waals surface area contributed by atoms with E-state index in [1.54, 1.807) is 12.1 Å². The van der Waals surface area contributed by atoms with Crippen LogP contribution in [0.25, 0.3) is 17.4 Å². The summed E-state index contributed by atoms with van der Waals surface area (Å²) in [7, 11) is 0. The number of hydrogen-bond acceptors (Lipinski definition) is 3. The molecule has 2 aromatic rings. The van der Waals surface area contributed by atoms with E-state index < -0.39 is 4.92 Å². The van der Waals surface area contributed by atoms with Gasteiger partial charge in [-0.3, -0.25) is 10.1 Å². The maximum Gasteiger partial charge on any atom is 0.246 e. The topological polar surface area (TPSA) is 56.3 Å². The van der Waals surface area contributed by atoms with E-state index in [1.165, 1.54) is 13.0 Å². The number of nitro groups is 1. The van der Waals surface area contributed by atoms with Crippen molar-refractivity contribution in [2.24, 2.45) is 0 Å². The summed E-state index contributed by atoms with van der Waals surface area (Å²) in [5.74, 6) is 1.15. The first kappa shape index (κ1) is 12.6. The summed E-state index contributed by atoms with van der Waals surface area (Å²) in [6, 6.07) is 11.2. The van der Waals surface area contributed by atoms with Gasteiger partial charge in [0, 0.05) is 17.0 Å². The van der Waals surface area contributed by atoms with E-state index in [0.717, 1.165) is 10.0 Å². The van der Waals surface area contributed by atoms with Gasteiger partial charge in [-0.25, -0.2) is 0 Å². The predicted octanol–water partition coefficient (Wildman–Crippen LogP) is 4.35. The molecule has 18 heavy (non-hydrogen) atoms. The molecule has 0 aliphatic carbocycles. The zero-order valence-electron chi connectivity index (χ0n) is 9.59. The minimum Gasteiger partial charge on any atom is -0.456 e. The number of furan rings is 1. The lowest BCUT2D eigenvalue weighted by Gasteiger charge is -1.97. The standard InChI is InChI=1S/C13H10BrNO3/c1-9(15(16)17)7-12-5-6-13(18-12)10-3-2-4-11(14)8-10/h2-8H,1H3. The molecule has 0 spiro atoms. The minimum atomic E-state index is -0.443. The summed E-state index contributed by atoms with van der Waals surface area (Å²) in [5.41, 5.74) is 0.966. The van der Waals surface area contributed by atoms with E-state index >= 15 is 0 Å². The van der Waals surface area contributed by atoms with Crippen molar-refractivity contribution in [2.75, 3.05) is 0 Å². The molecule has 0 atom stereocenters. The molecule has 1 aromatic heterocycles. The highest BCUT2D eigenvalue weighted by Crippen LogP contribution is 2.25. The molecule has 0 radical (unpaired) electrons. The van der Waals surface area contributed by atoms with E-state index in [0.29, 0.717) is 11.5 Å². The van der Waals surface area contributed by atoms with Crippen molar-refractivity contribution in [3.05, 3.63) is 62.4 Å². The SMILES string of the molecule is CC(=Cc1ccc(-c2cccc(Br)c2)o1)[N+](=O)[O-]. The molecule has 1 aromatic carbocycles. The van der Waals surface area contributed by atoms with E-state index in [9.17, 15) is 10.1 Å². The molecule has 2 rings (SSSR count). The Bertz CT molecular complexity index is 616. The van der Waals surface area contributed by atoms with Crippen LogP contribution in [0.3, 0.4) is 0 Å². The van der Waals surface area contributed by atoms with Gasteiger partial charge in [-0.05, 0) is 24.3 Å². The molecule has 0 N–H and O–H groups in total. The lowest BCUT2D eigenvalue weighted by Crippen LogP contribution is -1.92. The summed E-state index contributed by atoms with van der Waals surface area (Å²) in [6.07, 6.45) is 1.40. The number of halogens is 1. The van der Waals surface area contributed by atoms with Crippen molar-refractivity contribution >= 4 is 22.0 Å². The van der Waals surface area contributed by atoms with Crippen molar-refractivity contribution < 1.29 is 9.34 Å². The Morgan fingerprint density at radius 1 is 1.39 bits per heavy atom. The first-order valence-electron chi connectivity index (χ1n) is 5.25. The number of benzene rings is 1. The zero-order chi connectivity index (χ0) is 13.1. The van der Waals surface area contributed by atoms with Gasteiger partial charge in [-0.15, -0.1) is 0 Å². The van der Waals surface area contributed by atoms with Crippen LogP contribution in [0.1, 0.15) is 12.7 Å². The first-order valence-corrected chi connectivity index (χ1v) is 6.04. The van der Waals surface area contributed by atoms with Gasteiger partial charge in [0.2, 0.25) is 5.70 Å². The predicted molar refractivity (Wildman–Crippen MR) is 72.5 cm³/mol. The van der Waals surface area contributed by atoms with Gasteiger partial charge in [0.15, 0.2) is 0 Å². The van der Waals surface area contributed by atoms with Crippen molar-refractivity contribution in [2.45, 2.75) is 6.92 Å². The molecule has 0 bridgehead atoms. The van der Waals surface area contributed by atoms with Crippen molar-refractivity contribution in [3.8, 4) is 11.3 Å². The Morgan fingerprint density at radius 2 is 2.17 bits per heavy atom. The van der Waals surface area contributed by atoms with Gasteiger partial charge < -0.3 is 4.42 Å². The average molecular weight is 308 g/mol. The Kier molecular flexibility index (Phi) is 3.62. The van der Waals surface area contributed by atoms with Crippen LogP contribution >= 0.6 is 15.9 Å². The fourth-order valence-corrected chi connectivity index (χ4v) is 1.89. The van der Waals surface area contributed by atoms with E-state index in [1.807, 2.05) is 24.3 Å². The van der Waals surface area contributed by atoms with Crippen molar-refractivity contribution in [1.82, 2.24) is 0 Å². The maximum absolute atomic E-state index is 10.5. The fraction of sp³-hybridized carbons (Fsp3) is 0.0769. The van der Waals surface area contributed by atoms with Gasteiger partial charge in [-0.1, -0.05) is 28.1 Å². The Labute approximate surface area is 112 Å². The lowest BCUT2D eigenvalue weighted by molar-refractivity contribution is -0.422. The van der Waals surface area contributed by atoms with Gasteiger partial charge in [0.1, 0.15) is 11.5 Å². The number of hydrogen-bond donors (Lipinski definition) is 0. The molecule has 0 aliphatic heterocycles. The molecule has 0 unspecified atom stereocenters. The van der Waals surface area contributed by atoms with Crippen LogP contribution in [0.4, 0.5) is 0 Å². The Balaban J connectivity index is 2.31. The lowest BCUT2D eigenvalue weighted by atomic mass is 10.2. The highest BCUT2D eigenvalue weighted by molar-refractivity contribution is 9.10. The van der Waals surface area contributed by atoms with Crippen LogP contribution in [-0.4, -0.2) is 4.92 Å². The molecular weight excluding hydrogens is 298 g/mol. The quantitative estimate of drug-likeness (QED) is 0.626. The molecule has 0 aliphatic rings. The second kappa shape index (κ2) is 5.18. The number of nitrogens with zero attached hydrogens (tertiary/aromatic N) is 1. The normalized spacial score (nSPS) is 11.6. The summed E-state index contributed by atoms with van der Waals surface area (Å²) in [4.78, 5) is 10.1. The molecule has 1 heterocycles. The van der Waals surface area contributed by atoms with Gasteiger partial charge in [0.05, 0.1) is 11.0 Å². The highest BCUT2D eigenvalue weighted by Gasteiger charge is 2.07. The molecule has 0 amide bonds. The third-order valence-corrected chi connectivity index (χ3v) is 2.87. The molecule has 0 saturated carbocycles. The highest BCUT2D eigenvalue weighted by atomic mass is 79.9. The minimum absolute atomic E-state index is 0.0464. The second-order valence-electron chi connectivity index (χ2n) is 3.76. The Hall–Kier alpha value is -1.88. The largest absolute Gasteiger partial charge is 0.456 e. The maximum atomic E-state index is 10.5. The molecular formula is C13H10BrNO3. The van der Waals surface area contributed by atoms with Crippen molar-refractivity contribution in [3.63, 3.8) is 0 Å². The molecule has 4 nitrogen and oxygen atoms in total. The average Bonchev–Trinajstić information content (AvgIpc) is 2.77. The molecule has 92 valence electrons. The smallest absolute Gasteiger partial charge is 0.246 e. The van der Waals surface area contributed by atoms with Gasteiger partial charge >= 0.3 is 0 Å². The van der Waals surface area contributed by atoms with Crippen LogP contribution in [-0.2, 0) is 0 Å². The molecule has 0 saturated heterocycles. The van der Waals surface area contributed by atoms with Gasteiger partial charge in [-0.2, -0.15) is 0 Å². The van der Waals surface area contributed by atoms with Gasteiger partial charge in [0.25, 0.3) is 0 Å². The van der Waals surface area contributed by atoms with Crippen LogP contribution in [0.15, 0.2) is 51.0 Å². The van der Waals surface area contributed by atoms with Crippen molar-refractivity contribution in [1.29, 1.82) is 0 Å². The number of allylic oxidation sites excluding steroid dienone is 1. The number of rotatable bonds is 3. The summed E-state index contributed by atoms with van der Waals surface area (Å²) < 4.78 is 6.50. The zero-order valence-corrected chi connectivity index (χ0v) is 11.2. The first-order chi connectivity index (χ1) is 8.56. The molecule has 0 fully saturated rings. The van der Waals surface area contributed by atoms with E-state index in [-0.39, 0.29) is 5.70 Å². The van der Waals surface area contributed by atoms with Crippen LogP contribution in [0, 0.1) is 10.1 Å². The third kappa shape index (κ3) is 2.87. The van der Waals surface area contributed by atoms with Crippen LogP contribution in [0.5, 0.6) is 0 Å². The summed E-state index contributed by atoms with van der Waals surface area (Å²) in [5, 5.41) is 10.5. The second-order valence-corrected chi connectivity index (χ2v) is 4.67. The fourth-order valence-electron chi connectivity index (χ4n) is 1.49.